The van der Waals surface area contributed by atoms with Crippen LogP contribution in [0.4, 0.5) is 17.1 Å². The standard InChI is InChI=1S/C46H28N2S2/c1-2-12-30(13-3-1)48-39-18-8-6-15-34(39)38-27-31(23-25-40(38)48)47(32-22-24-36-35-16-7-9-20-42(35)49-44(36)28-32)41-19-10-17-37-45-33-14-5-4-11-29(33)21-26-43(45)50-46(37)41/h1-28H. The van der Waals surface area contributed by atoms with Crippen molar-refractivity contribution < 1.29 is 0 Å². The molecule has 0 N–H and O–H groups in total. The van der Waals surface area contributed by atoms with Crippen molar-refractivity contribution >= 4 is 113 Å². The molecule has 0 fully saturated rings. The van der Waals surface area contributed by atoms with Crippen molar-refractivity contribution in [3.63, 3.8) is 0 Å². The van der Waals surface area contributed by atoms with E-state index in [9.17, 15) is 0 Å². The summed E-state index contributed by atoms with van der Waals surface area (Å²) in [6, 6.07) is 62.4. The Morgan fingerprint density at radius 2 is 1.10 bits per heavy atom. The maximum Gasteiger partial charge on any atom is 0.0640 e. The molecule has 0 atom stereocenters. The lowest BCUT2D eigenvalue weighted by Crippen LogP contribution is -2.10. The van der Waals surface area contributed by atoms with Crippen LogP contribution in [-0.2, 0) is 0 Å². The molecule has 0 aliphatic carbocycles. The van der Waals surface area contributed by atoms with Crippen molar-refractivity contribution in [1.82, 2.24) is 4.57 Å². The molecule has 0 spiro atoms. The van der Waals surface area contributed by atoms with Crippen LogP contribution in [0.1, 0.15) is 0 Å². The maximum absolute atomic E-state index is 2.48. The van der Waals surface area contributed by atoms with Crippen LogP contribution >= 0.6 is 22.7 Å². The van der Waals surface area contributed by atoms with Gasteiger partial charge < -0.3 is 9.47 Å². The van der Waals surface area contributed by atoms with Gasteiger partial charge in [-0.3, -0.25) is 0 Å². The van der Waals surface area contributed by atoms with Gasteiger partial charge in [0.2, 0.25) is 0 Å². The average molecular weight is 673 g/mol. The fraction of sp³-hybridized carbons (Fsp3) is 0. The minimum absolute atomic E-state index is 1.14. The molecule has 11 rings (SSSR count). The van der Waals surface area contributed by atoms with E-state index in [1.54, 1.807) is 0 Å². The molecule has 50 heavy (non-hydrogen) atoms. The Balaban J connectivity index is 1.21. The number of rotatable bonds is 4. The molecule has 2 nitrogen and oxygen atoms in total. The predicted octanol–water partition coefficient (Wildman–Crippen LogP) is 14.1. The monoisotopic (exact) mass is 672 g/mol. The first kappa shape index (κ1) is 28.0. The quantitative estimate of drug-likeness (QED) is 0.181. The van der Waals surface area contributed by atoms with E-state index < -0.39 is 0 Å². The van der Waals surface area contributed by atoms with Gasteiger partial charge in [-0.2, -0.15) is 0 Å². The van der Waals surface area contributed by atoms with Gasteiger partial charge in [-0.05, 0) is 77.5 Å². The number of hydrogen-bond donors (Lipinski definition) is 0. The molecule has 234 valence electrons. The minimum Gasteiger partial charge on any atom is -0.309 e. The van der Waals surface area contributed by atoms with Crippen LogP contribution < -0.4 is 4.90 Å². The first-order valence-electron chi connectivity index (χ1n) is 16.9. The molecule has 0 saturated carbocycles. The number of thiophene rings is 2. The topological polar surface area (TPSA) is 8.17 Å². The van der Waals surface area contributed by atoms with Crippen LogP contribution in [0.15, 0.2) is 170 Å². The zero-order valence-corrected chi connectivity index (χ0v) is 28.5. The van der Waals surface area contributed by atoms with Crippen molar-refractivity contribution in [2.75, 3.05) is 4.90 Å². The Morgan fingerprint density at radius 3 is 2.02 bits per heavy atom. The van der Waals surface area contributed by atoms with E-state index in [1.165, 1.54) is 84.3 Å². The largest absolute Gasteiger partial charge is 0.309 e. The van der Waals surface area contributed by atoms with Gasteiger partial charge in [-0.15, -0.1) is 22.7 Å². The van der Waals surface area contributed by atoms with E-state index in [0.29, 0.717) is 0 Å². The molecule has 0 saturated heterocycles. The number of hydrogen-bond acceptors (Lipinski definition) is 3. The van der Waals surface area contributed by atoms with E-state index >= 15 is 0 Å². The average Bonchev–Trinajstić information content (AvgIpc) is 3.85. The summed E-state index contributed by atoms with van der Waals surface area (Å²) in [7, 11) is 0. The van der Waals surface area contributed by atoms with Crippen LogP contribution in [-0.4, -0.2) is 4.57 Å². The fourth-order valence-corrected chi connectivity index (χ4v) is 10.3. The third kappa shape index (κ3) is 4.07. The van der Waals surface area contributed by atoms with E-state index in [2.05, 4.69) is 179 Å². The Hall–Kier alpha value is -5.94. The summed E-state index contributed by atoms with van der Waals surface area (Å²) >= 11 is 3.76. The van der Waals surface area contributed by atoms with E-state index in [4.69, 9.17) is 0 Å². The van der Waals surface area contributed by atoms with Crippen molar-refractivity contribution in [2.24, 2.45) is 0 Å². The van der Waals surface area contributed by atoms with Gasteiger partial charge in [-0.25, -0.2) is 0 Å². The highest BCUT2D eigenvalue weighted by atomic mass is 32.1. The molecule has 0 amide bonds. The molecular weight excluding hydrogens is 645 g/mol. The van der Waals surface area contributed by atoms with Gasteiger partial charge in [0.05, 0.1) is 21.4 Å². The zero-order valence-electron chi connectivity index (χ0n) is 26.9. The third-order valence-corrected chi connectivity index (χ3v) is 12.5. The van der Waals surface area contributed by atoms with Crippen LogP contribution in [0.25, 0.3) is 78.6 Å². The normalized spacial score (nSPS) is 12.0. The van der Waals surface area contributed by atoms with Crippen LogP contribution in [0.3, 0.4) is 0 Å². The van der Waals surface area contributed by atoms with E-state index in [0.717, 1.165) is 11.4 Å². The molecule has 11 aromatic rings. The molecular formula is C46H28N2S2. The van der Waals surface area contributed by atoms with Crippen molar-refractivity contribution in [1.29, 1.82) is 0 Å². The van der Waals surface area contributed by atoms with Crippen molar-refractivity contribution in [3.8, 4) is 5.69 Å². The Bertz CT molecular complexity index is 3110. The molecule has 0 radical (unpaired) electrons. The van der Waals surface area contributed by atoms with Crippen LogP contribution in [0, 0.1) is 0 Å². The van der Waals surface area contributed by atoms with Gasteiger partial charge >= 0.3 is 0 Å². The summed E-state index contributed by atoms with van der Waals surface area (Å²) in [6.07, 6.45) is 0. The third-order valence-electron chi connectivity index (χ3n) is 10.2. The first-order valence-corrected chi connectivity index (χ1v) is 18.6. The summed E-state index contributed by atoms with van der Waals surface area (Å²) in [5.74, 6) is 0. The van der Waals surface area contributed by atoms with Crippen molar-refractivity contribution in [3.05, 3.63) is 170 Å². The first-order chi connectivity index (χ1) is 24.8. The molecule has 3 aromatic heterocycles. The highest BCUT2D eigenvalue weighted by molar-refractivity contribution is 7.26. The Labute approximate surface area is 296 Å². The molecule has 8 aromatic carbocycles. The maximum atomic E-state index is 2.48. The van der Waals surface area contributed by atoms with Gasteiger partial charge in [-0.1, -0.05) is 103 Å². The Morgan fingerprint density at radius 1 is 0.400 bits per heavy atom. The number of aromatic nitrogens is 1. The zero-order chi connectivity index (χ0) is 32.8. The second kappa shape index (κ2) is 10.8. The summed E-state index contributed by atoms with van der Waals surface area (Å²) in [5.41, 5.74) is 7.07. The molecule has 0 aliphatic rings. The summed E-state index contributed by atoms with van der Waals surface area (Å²) in [5, 5.41) is 10.3. The summed E-state index contributed by atoms with van der Waals surface area (Å²) < 4.78 is 7.61. The molecule has 0 unspecified atom stereocenters. The summed E-state index contributed by atoms with van der Waals surface area (Å²) in [4.78, 5) is 2.48. The number of benzene rings is 8. The molecule has 3 heterocycles. The molecule has 0 aliphatic heterocycles. The fourth-order valence-electron chi connectivity index (χ4n) is 7.97. The predicted molar refractivity (Wildman–Crippen MR) is 219 cm³/mol. The van der Waals surface area contributed by atoms with Crippen LogP contribution in [0.2, 0.25) is 0 Å². The highest BCUT2D eigenvalue weighted by Gasteiger charge is 2.22. The number of para-hydroxylation sites is 2. The van der Waals surface area contributed by atoms with Gasteiger partial charge in [0.1, 0.15) is 0 Å². The van der Waals surface area contributed by atoms with E-state index in [1.807, 2.05) is 22.7 Å². The highest BCUT2D eigenvalue weighted by Crippen LogP contribution is 2.48. The van der Waals surface area contributed by atoms with Crippen LogP contribution in [0.5, 0.6) is 0 Å². The van der Waals surface area contributed by atoms with Gasteiger partial charge in [0.15, 0.2) is 0 Å². The van der Waals surface area contributed by atoms with Crippen molar-refractivity contribution in [2.45, 2.75) is 0 Å². The second-order valence-corrected chi connectivity index (χ2v) is 15.1. The van der Waals surface area contributed by atoms with Gasteiger partial charge in [0.25, 0.3) is 0 Å². The lowest BCUT2D eigenvalue weighted by molar-refractivity contribution is 1.18. The lowest BCUT2D eigenvalue weighted by atomic mass is 10.0. The number of anilines is 3. The number of fused-ring (bicyclic) bond motifs is 11. The summed E-state index contributed by atoms with van der Waals surface area (Å²) in [6.45, 7) is 0. The molecule has 0 bridgehead atoms. The second-order valence-electron chi connectivity index (χ2n) is 12.9. The minimum atomic E-state index is 1.14. The SMILES string of the molecule is c1ccc(-n2c3ccccc3c3cc(N(c4ccc5c(c4)sc4ccccc45)c4cccc5c4sc4ccc6ccccc6c45)ccc32)cc1. The Kier molecular flexibility index (Phi) is 6.03. The van der Waals surface area contributed by atoms with Gasteiger partial charge in [0, 0.05) is 63.5 Å². The number of nitrogens with zero attached hydrogens (tertiary/aromatic N) is 2. The smallest absolute Gasteiger partial charge is 0.0640 e. The lowest BCUT2D eigenvalue weighted by Gasteiger charge is -2.26. The van der Waals surface area contributed by atoms with E-state index in [-0.39, 0.29) is 0 Å². The molecule has 4 heteroatoms.